The monoisotopic (exact) mass is 231 g/mol. The third kappa shape index (κ3) is 3.99. The average molecular weight is 231 g/mol. The minimum Gasteiger partial charge on any atom is -0.393 e. The van der Waals surface area contributed by atoms with Gasteiger partial charge in [-0.25, -0.2) is 0 Å². The van der Waals surface area contributed by atoms with E-state index in [1.54, 1.807) is 0 Å². The van der Waals surface area contributed by atoms with E-state index < -0.39 is 0 Å². The molecule has 0 atom stereocenters. The SMILES string of the molecule is Cc1ccc(/C=C/CN2CCC(O)CC2)cc1. The number of benzene rings is 1. The second kappa shape index (κ2) is 5.99. The van der Waals surface area contributed by atoms with E-state index in [2.05, 4.69) is 48.2 Å². The predicted molar refractivity (Wildman–Crippen MR) is 71.9 cm³/mol. The molecule has 1 aromatic carbocycles. The summed E-state index contributed by atoms with van der Waals surface area (Å²) < 4.78 is 0. The molecule has 2 rings (SSSR count). The molecule has 0 unspecified atom stereocenters. The molecule has 2 nitrogen and oxygen atoms in total. The maximum atomic E-state index is 9.41. The molecular weight excluding hydrogens is 210 g/mol. The van der Waals surface area contributed by atoms with Gasteiger partial charge in [-0.05, 0) is 25.3 Å². The molecule has 1 heterocycles. The first-order valence-electron chi connectivity index (χ1n) is 6.38. The largest absolute Gasteiger partial charge is 0.393 e. The minimum atomic E-state index is -0.0765. The molecule has 0 amide bonds. The third-order valence-electron chi connectivity index (χ3n) is 3.31. The summed E-state index contributed by atoms with van der Waals surface area (Å²) >= 11 is 0. The number of likely N-dealkylation sites (tertiary alicyclic amines) is 1. The van der Waals surface area contributed by atoms with Gasteiger partial charge in [0.1, 0.15) is 0 Å². The van der Waals surface area contributed by atoms with Gasteiger partial charge in [0.25, 0.3) is 0 Å². The van der Waals surface area contributed by atoms with Crippen LogP contribution in [0.3, 0.4) is 0 Å². The van der Waals surface area contributed by atoms with Gasteiger partial charge in [-0.3, -0.25) is 4.90 Å². The lowest BCUT2D eigenvalue weighted by molar-refractivity contribution is 0.0881. The second-order valence-electron chi connectivity index (χ2n) is 4.84. The summed E-state index contributed by atoms with van der Waals surface area (Å²) in [5, 5.41) is 9.41. The number of aryl methyl sites for hydroxylation is 1. The van der Waals surface area contributed by atoms with Gasteiger partial charge >= 0.3 is 0 Å². The van der Waals surface area contributed by atoms with Crippen LogP contribution in [0.15, 0.2) is 30.3 Å². The number of aliphatic hydroxyl groups is 1. The molecule has 0 radical (unpaired) electrons. The van der Waals surface area contributed by atoms with Crippen molar-refractivity contribution >= 4 is 6.08 Å². The van der Waals surface area contributed by atoms with Crippen molar-refractivity contribution in [2.24, 2.45) is 0 Å². The Balaban J connectivity index is 1.79. The van der Waals surface area contributed by atoms with Crippen LogP contribution in [-0.2, 0) is 0 Å². The van der Waals surface area contributed by atoms with Gasteiger partial charge in [0.15, 0.2) is 0 Å². The topological polar surface area (TPSA) is 23.5 Å². The summed E-state index contributed by atoms with van der Waals surface area (Å²) in [6, 6.07) is 8.56. The van der Waals surface area contributed by atoms with E-state index in [-0.39, 0.29) is 6.10 Å². The Labute approximate surface area is 104 Å². The van der Waals surface area contributed by atoms with Crippen LogP contribution in [0.5, 0.6) is 0 Å². The van der Waals surface area contributed by atoms with E-state index in [4.69, 9.17) is 0 Å². The maximum absolute atomic E-state index is 9.41. The first-order valence-corrected chi connectivity index (χ1v) is 6.38. The minimum absolute atomic E-state index is 0.0765. The van der Waals surface area contributed by atoms with E-state index in [0.717, 1.165) is 32.5 Å². The zero-order chi connectivity index (χ0) is 12.1. The molecule has 0 saturated carbocycles. The summed E-state index contributed by atoms with van der Waals surface area (Å²) in [7, 11) is 0. The number of aliphatic hydroxyl groups excluding tert-OH is 1. The van der Waals surface area contributed by atoms with Crippen molar-refractivity contribution in [2.45, 2.75) is 25.9 Å². The molecule has 1 N–H and O–H groups in total. The van der Waals surface area contributed by atoms with Gasteiger partial charge in [0.2, 0.25) is 0 Å². The van der Waals surface area contributed by atoms with E-state index in [0.29, 0.717) is 0 Å². The summed E-state index contributed by atoms with van der Waals surface area (Å²) in [4.78, 5) is 2.39. The number of hydrogen-bond acceptors (Lipinski definition) is 2. The van der Waals surface area contributed by atoms with Crippen LogP contribution in [-0.4, -0.2) is 35.7 Å². The van der Waals surface area contributed by atoms with Crippen LogP contribution < -0.4 is 0 Å². The molecular formula is C15H21NO. The number of nitrogens with zero attached hydrogens (tertiary/aromatic N) is 1. The van der Waals surface area contributed by atoms with Crippen LogP contribution in [0.25, 0.3) is 6.08 Å². The standard InChI is InChI=1S/C15H21NO/c1-13-4-6-14(7-5-13)3-2-10-16-11-8-15(17)9-12-16/h2-7,15,17H,8-12H2,1H3/b3-2+. The molecule has 1 saturated heterocycles. The van der Waals surface area contributed by atoms with E-state index in [9.17, 15) is 5.11 Å². The molecule has 0 spiro atoms. The smallest absolute Gasteiger partial charge is 0.0564 e. The Morgan fingerprint density at radius 3 is 2.53 bits per heavy atom. The molecule has 2 heteroatoms. The maximum Gasteiger partial charge on any atom is 0.0564 e. The fraction of sp³-hybridized carbons (Fsp3) is 0.467. The molecule has 0 aliphatic carbocycles. The molecule has 17 heavy (non-hydrogen) atoms. The zero-order valence-corrected chi connectivity index (χ0v) is 10.5. The average Bonchev–Trinajstić information content (AvgIpc) is 2.34. The number of hydrogen-bond donors (Lipinski definition) is 1. The fourth-order valence-electron chi connectivity index (χ4n) is 2.12. The zero-order valence-electron chi connectivity index (χ0n) is 10.5. The summed E-state index contributed by atoms with van der Waals surface area (Å²) in [5.41, 5.74) is 2.56. The van der Waals surface area contributed by atoms with Crippen molar-refractivity contribution in [1.29, 1.82) is 0 Å². The van der Waals surface area contributed by atoms with Crippen LogP contribution in [0.2, 0.25) is 0 Å². The lowest BCUT2D eigenvalue weighted by atomic mass is 10.1. The number of rotatable bonds is 3. The van der Waals surface area contributed by atoms with Crippen molar-refractivity contribution in [3.8, 4) is 0 Å². The number of piperidine rings is 1. The van der Waals surface area contributed by atoms with Crippen molar-refractivity contribution in [3.05, 3.63) is 41.5 Å². The van der Waals surface area contributed by atoms with Crippen LogP contribution in [0, 0.1) is 6.92 Å². The second-order valence-corrected chi connectivity index (χ2v) is 4.84. The van der Waals surface area contributed by atoms with Crippen molar-refractivity contribution in [2.75, 3.05) is 19.6 Å². The lowest BCUT2D eigenvalue weighted by Gasteiger charge is -2.28. The molecule has 1 fully saturated rings. The molecule has 1 aliphatic rings. The van der Waals surface area contributed by atoms with Crippen LogP contribution in [0.4, 0.5) is 0 Å². The predicted octanol–water partition coefficient (Wildman–Crippen LogP) is 2.46. The highest BCUT2D eigenvalue weighted by molar-refractivity contribution is 5.49. The lowest BCUT2D eigenvalue weighted by Crippen LogP contribution is -2.35. The Morgan fingerprint density at radius 1 is 1.24 bits per heavy atom. The Hall–Kier alpha value is -1.12. The Bertz CT molecular complexity index is 361. The van der Waals surface area contributed by atoms with E-state index in [1.807, 2.05) is 0 Å². The van der Waals surface area contributed by atoms with Crippen molar-refractivity contribution < 1.29 is 5.11 Å². The summed E-state index contributed by atoms with van der Waals surface area (Å²) in [6.45, 7) is 5.12. The van der Waals surface area contributed by atoms with Crippen LogP contribution in [0.1, 0.15) is 24.0 Å². The van der Waals surface area contributed by atoms with Gasteiger partial charge in [-0.15, -0.1) is 0 Å². The van der Waals surface area contributed by atoms with E-state index >= 15 is 0 Å². The quantitative estimate of drug-likeness (QED) is 0.864. The van der Waals surface area contributed by atoms with Gasteiger partial charge < -0.3 is 5.11 Å². The Kier molecular flexibility index (Phi) is 4.35. The molecule has 92 valence electrons. The third-order valence-corrected chi connectivity index (χ3v) is 3.31. The Morgan fingerprint density at radius 2 is 1.88 bits per heavy atom. The van der Waals surface area contributed by atoms with Gasteiger partial charge in [-0.2, -0.15) is 0 Å². The van der Waals surface area contributed by atoms with E-state index in [1.165, 1.54) is 11.1 Å². The van der Waals surface area contributed by atoms with Crippen LogP contribution >= 0.6 is 0 Å². The summed E-state index contributed by atoms with van der Waals surface area (Å²) in [6.07, 6.45) is 6.14. The first-order chi connectivity index (χ1) is 8.24. The fourth-order valence-corrected chi connectivity index (χ4v) is 2.12. The highest BCUT2D eigenvalue weighted by atomic mass is 16.3. The van der Waals surface area contributed by atoms with Gasteiger partial charge in [-0.1, -0.05) is 42.0 Å². The molecule has 1 aliphatic heterocycles. The highest BCUT2D eigenvalue weighted by Gasteiger charge is 2.15. The van der Waals surface area contributed by atoms with Crippen molar-refractivity contribution in [3.63, 3.8) is 0 Å². The normalized spacial score (nSPS) is 18.9. The molecule has 0 bridgehead atoms. The van der Waals surface area contributed by atoms with Crippen molar-refractivity contribution in [1.82, 2.24) is 4.90 Å². The molecule has 0 aromatic heterocycles. The molecule has 1 aromatic rings. The highest BCUT2D eigenvalue weighted by Crippen LogP contribution is 2.10. The first kappa shape index (κ1) is 12.3. The van der Waals surface area contributed by atoms with Gasteiger partial charge in [0.05, 0.1) is 6.10 Å². The van der Waals surface area contributed by atoms with Gasteiger partial charge in [0, 0.05) is 19.6 Å². The summed E-state index contributed by atoms with van der Waals surface area (Å²) in [5.74, 6) is 0.